The smallest absolute Gasteiger partial charge is 0.119 e. The minimum absolute atomic E-state index is 0.718. The fourth-order valence-corrected chi connectivity index (χ4v) is 1.32. The molecule has 2 aromatic rings. The lowest BCUT2D eigenvalue weighted by Crippen LogP contribution is -2.02. The number of aromatic nitrogens is 2. The van der Waals surface area contributed by atoms with Crippen molar-refractivity contribution in [3.05, 3.63) is 49.1 Å². The van der Waals surface area contributed by atoms with E-state index in [2.05, 4.69) is 11.1 Å². The second-order valence-electron chi connectivity index (χ2n) is 3.24. The number of imidazole rings is 1. The highest BCUT2D eigenvalue weighted by Crippen LogP contribution is 2.07. The fourth-order valence-electron chi connectivity index (χ4n) is 1.32. The van der Waals surface area contributed by atoms with Crippen LogP contribution in [0.3, 0.4) is 0 Å². The summed E-state index contributed by atoms with van der Waals surface area (Å²) in [6.07, 6.45) is 6.53. The van der Waals surface area contributed by atoms with Gasteiger partial charge in [-0.25, -0.2) is 4.98 Å². The summed E-state index contributed by atoms with van der Waals surface area (Å²) in [5.74, 6) is 0.878. The lowest BCUT2D eigenvalue weighted by atomic mass is 10.3. The number of rotatable bonds is 5. The molecule has 0 bridgehead atoms. The van der Waals surface area contributed by atoms with E-state index in [9.17, 15) is 0 Å². The van der Waals surface area contributed by atoms with Gasteiger partial charge in [0.1, 0.15) is 5.75 Å². The van der Waals surface area contributed by atoms with Crippen molar-refractivity contribution < 1.29 is 4.74 Å². The largest absolute Gasteiger partial charge is 0.494 e. The Balaban J connectivity index is 1.68. The van der Waals surface area contributed by atoms with Gasteiger partial charge in [-0.1, -0.05) is 12.1 Å². The number of nitrogens with zero attached hydrogens (tertiary/aromatic N) is 2. The van der Waals surface area contributed by atoms with E-state index in [-0.39, 0.29) is 0 Å². The molecule has 0 N–H and O–H groups in total. The van der Waals surface area contributed by atoms with E-state index >= 15 is 0 Å². The Kier molecular flexibility index (Phi) is 3.38. The standard InChI is InChI=1S/C12H13N2O/c1-2-5-12(6-3-1)15-10-4-8-14-9-7-13-11-14/h1-2,5-7,9,11H,4,8,10H2. The van der Waals surface area contributed by atoms with Crippen LogP contribution in [0.2, 0.25) is 0 Å². The summed E-state index contributed by atoms with van der Waals surface area (Å²) in [6.45, 7) is 1.66. The molecule has 3 nitrogen and oxygen atoms in total. The fraction of sp³-hybridized carbons (Fsp3) is 0.250. The van der Waals surface area contributed by atoms with Crippen LogP contribution in [0, 0.1) is 6.07 Å². The first kappa shape index (κ1) is 9.77. The maximum atomic E-state index is 5.54. The number of aryl methyl sites for hydroxylation is 1. The minimum Gasteiger partial charge on any atom is -0.494 e. The van der Waals surface area contributed by atoms with Gasteiger partial charge >= 0.3 is 0 Å². The Morgan fingerprint density at radius 2 is 2.47 bits per heavy atom. The van der Waals surface area contributed by atoms with Crippen molar-refractivity contribution in [2.45, 2.75) is 13.0 Å². The molecular formula is C12H13N2O. The van der Waals surface area contributed by atoms with Gasteiger partial charge in [0.25, 0.3) is 0 Å². The zero-order valence-electron chi connectivity index (χ0n) is 8.47. The highest BCUT2D eigenvalue weighted by atomic mass is 16.5. The first-order valence-corrected chi connectivity index (χ1v) is 5.00. The average Bonchev–Trinajstić information content (AvgIpc) is 2.79. The molecule has 0 aliphatic rings. The molecule has 2 rings (SSSR count). The minimum atomic E-state index is 0.718. The zero-order chi connectivity index (χ0) is 10.3. The Bertz CT molecular complexity index is 370. The molecular weight excluding hydrogens is 188 g/mol. The summed E-state index contributed by atoms with van der Waals surface area (Å²) in [4.78, 5) is 3.98. The van der Waals surface area contributed by atoms with Crippen molar-refractivity contribution in [2.75, 3.05) is 6.61 Å². The normalized spacial score (nSPS) is 10.1. The topological polar surface area (TPSA) is 27.1 Å². The first-order chi connectivity index (χ1) is 7.45. The van der Waals surface area contributed by atoms with Gasteiger partial charge in [-0.15, -0.1) is 0 Å². The van der Waals surface area contributed by atoms with Crippen molar-refractivity contribution in [1.82, 2.24) is 9.55 Å². The van der Waals surface area contributed by atoms with Gasteiger partial charge in [0.15, 0.2) is 0 Å². The molecule has 0 fully saturated rings. The molecule has 0 saturated carbocycles. The van der Waals surface area contributed by atoms with Crippen LogP contribution in [0.4, 0.5) is 0 Å². The number of ether oxygens (including phenoxy) is 1. The molecule has 0 amide bonds. The molecule has 1 radical (unpaired) electrons. The monoisotopic (exact) mass is 201 g/mol. The zero-order valence-corrected chi connectivity index (χ0v) is 8.47. The third-order valence-electron chi connectivity index (χ3n) is 2.07. The predicted molar refractivity (Wildman–Crippen MR) is 57.6 cm³/mol. The molecule has 1 aromatic carbocycles. The summed E-state index contributed by atoms with van der Waals surface area (Å²) in [5.41, 5.74) is 0. The quantitative estimate of drug-likeness (QED) is 0.693. The second-order valence-corrected chi connectivity index (χ2v) is 3.24. The van der Waals surface area contributed by atoms with Gasteiger partial charge in [0.2, 0.25) is 0 Å². The molecule has 1 aromatic heterocycles. The highest BCUT2D eigenvalue weighted by Gasteiger charge is 1.93. The molecule has 15 heavy (non-hydrogen) atoms. The van der Waals surface area contributed by atoms with Crippen LogP contribution in [0.15, 0.2) is 43.0 Å². The maximum absolute atomic E-state index is 5.54. The van der Waals surface area contributed by atoms with Crippen LogP contribution >= 0.6 is 0 Å². The molecule has 77 valence electrons. The van der Waals surface area contributed by atoms with Gasteiger partial charge < -0.3 is 9.30 Å². The number of hydrogen-bond acceptors (Lipinski definition) is 2. The molecule has 0 aliphatic heterocycles. The first-order valence-electron chi connectivity index (χ1n) is 5.00. The van der Waals surface area contributed by atoms with E-state index < -0.39 is 0 Å². The summed E-state index contributed by atoms with van der Waals surface area (Å²) in [6, 6.07) is 10.5. The molecule has 3 heteroatoms. The van der Waals surface area contributed by atoms with Gasteiger partial charge in [0.05, 0.1) is 12.9 Å². The van der Waals surface area contributed by atoms with E-state index in [0.29, 0.717) is 0 Å². The van der Waals surface area contributed by atoms with Gasteiger partial charge in [-0.2, -0.15) is 0 Å². The molecule has 0 spiro atoms. The van der Waals surface area contributed by atoms with Crippen molar-refractivity contribution in [2.24, 2.45) is 0 Å². The van der Waals surface area contributed by atoms with Crippen molar-refractivity contribution in [3.63, 3.8) is 0 Å². The molecule has 0 atom stereocenters. The number of benzene rings is 1. The van der Waals surface area contributed by atoms with Gasteiger partial charge in [-0.3, -0.25) is 0 Å². The van der Waals surface area contributed by atoms with E-state index in [1.54, 1.807) is 6.20 Å². The predicted octanol–water partition coefficient (Wildman–Crippen LogP) is 2.15. The lowest BCUT2D eigenvalue weighted by Gasteiger charge is -2.05. The van der Waals surface area contributed by atoms with Gasteiger partial charge in [0, 0.05) is 18.9 Å². The lowest BCUT2D eigenvalue weighted by molar-refractivity contribution is 0.301. The SMILES string of the molecule is [c]1cccc(OCCCn2ccnc2)c1. The second kappa shape index (κ2) is 5.20. The van der Waals surface area contributed by atoms with E-state index in [1.807, 2.05) is 41.4 Å². The Labute approximate surface area is 89.3 Å². The molecule has 0 aliphatic carbocycles. The van der Waals surface area contributed by atoms with Crippen LogP contribution in [-0.2, 0) is 6.54 Å². The third kappa shape index (κ3) is 3.13. The summed E-state index contributed by atoms with van der Waals surface area (Å²) in [5, 5.41) is 0. The van der Waals surface area contributed by atoms with Crippen LogP contribution in [0.5, 0.6) is 5.75 Å². The Hall–Kier alpha value is -1.77. The van der Waals surface area contributed by atoms with Crippen molar-refractivity contribution in [1.29, 1.82) is 0 Å². The van der Waals surface area contributed by atoms with Crippen LogP contribution in [0.25, 0.3) is 0 Å². The van der Waals surface area contributed by atoms with E-state index in [0.717, 1.165) is 25.3 Å². The summed E-state index contributed by atoms with van der Waals surface area (Å²) in [7, 11) is 0. The molecule has 0 saturated heterocycles. The third-order valence-corrected chi connectivity index (χ3v) is 2.07. The molecule has 0 unspecified atom stereocenters. The number of hydrogen-bond donors (Lipinski definition) is 0. The van der Waals surface area contributed by atoms with E-state index in [1.165, 1.54) is 0 Å². The van der Waals surface area contributed by atoms with Crippen molar-refractivity contribution >= 4 is 0 Å². The Morgan fingerprint density at radius 1 is 1.47 bits per heavy atom. The molecule has 1 heterocycles. The van der Waals surface area contributed by atoms with Crippen LogP contribution in [-0.4, -0.2) is 16.2 Å². The maximum Gasteiger partial charge on any atom is 0.119 e. The van der Waals surface area contributed by atoms with Crippen LogP contribution < -0.4 is 4.74 Å². The highest BCUT2D eigenvalue weighted by molar-refractivity contribution is 5.19. The summed E-state index contributed by atoms with van der Waals surface area (Å²) < 4.78 is 7.58. The van der Waals surface area contributed by atoms with Crippen molar-refractivity contribution in [3.8, 4) is 5.75 Å². The van der Waals surface area contributed by atoms with E-state index in [4.69, 9.17) is 4.74 Å². The Morgan fingerprint density at radius 3 is 3.20 bits per heavy atom. The average molecular weight is 201 g/mol. The van der Waals surface area contributed by atoms with Gasteiger partial charge in [-0.05, 0) is 24.6 Å². The van der Waals surface area contributed by atoms with Crippen LogP contribution in [0.1, 0.15) is 6.42 Å². The summed E-state index contributed by atoms with van der Waals surface area (Å²) >= 11 is 0.